The van der Waals surface area contributed by atoms with Crippen LogP contribution in [0.5, 0.6) is 5.75 Å². The summed E-state index contributed by atoms with van der Waals surface area (Å²) in [6.07, 6.45) is 7.19. The Balaban J connectivity index is 1.87. The molecule has 1 saturated carbocycles. The molecule has 2 aromatic rings. The highest BCUT2D eigenvalue weighted by molar-refractivity contribution is 7.98. The number of amides is 1. The minimum absolute atomic E-state index is 0.118. The first-order valence-corrected chi connectivity index (χ1v) is 13.3. The molecule has 0 aromatic heterocycles. The lowest BCUT2D eigenvalue weighted by atomic mass is 9.95. The van der Waals surface area contributed by atoms with Crippen LogP contribution in [0.25, 0.3) is 0 Å². The van der Waals surface area contributed by atoms with Gasteiger partial charge in [0.05, 0.1) is 17.2 Å². The van der Waals surface area contributed by atoms with Crippen LogP contribution in [0, 0.1) is 0 Å². The Hall–Kier alpha value is -2.19. The number of anilines is 1. The number of carbonyl (C=O) groups is 1. The molecule has 0 aliphatic heterocycles. The first-order valence-electron chi connectivity index (χ1n) is 10.6. The van der Waals surface area contributed by atoms with Crippen molar-refractivity contribution in [3.8, 4) is 5.75 Å². The highest BCUT2D eigenvalue weighted by Crippen LogP contribution is 2.27. The van der Waals surface area contributed by atoms with Crippen molar-refractivity contribution in [3.63, 3.8) is 0 Å². The molecular formula is C23H30N2O4S2. The minimum Gasteiger partial charge on any atom is -0.494 e. The molecule has 1 aliphatic carbocycles. The van der Waals surface area contributed by atoms with Crippen molar-refractivity contribution in [2.75, 3.05) is 23.7 Å². The summed E-state index contributed by atoms with van der Waals surface area (Å²) in [6, 6.07) is 13.6. The molecule has 0 saturated heterocycles. The second-order valence-corrected chi connectivity index (χ2v) is 10.3. The minimum atomic E-state index is -3.92. The summed E-state index contributed by atoms with van der Waals surface area (Å²) >= 11 is 1.54. The van der Waals surface area contributed by atoms with Gasteiger partial charge in [-0.3, -0.25) is 9.10 Å². The lowest BCUT2D eigenvalue weighted by Gasteiger charge is -2.27. The van der Waals surface area contributed by atoms with E-state index in [4.69, 9.17) is 4.74 Å². The fraction of sp³-hybridized carbons (Fsp3) is 0.435. The molecule has 168 valence electrons. The SMILES string of the molecule is CCOc1ccc(N(CC(=O)NC2CCCCC2)S(=O)(=O)c2ccc(SC)cc2)cc1. The number of thioether (sulfide) groups is 1. The molecule has 6 nitrogen and oxygen atoms in total. The van der Waals surface area contributed by atoms with Gasteiger partial charge in [0.2, 0.25) is 5.91 Å². The second kappa shape index (κ2) is 10.9. The van der Waals surface area contributed by atoms with Gasteiger partial charge in [-0.15, -0.1) is 11.8 Å². The maximum atomic E-state index is 13.5. The van der Waals surface area contributed by atoms with E-state index in [1.54, 1.807) is 60.3 Å². The normalized spacial score (nSPS) is 14.8. The molecule has 0 bridgehead atoms. The van der Waals surface area contributed by atoms with Crippen molar-refractivity contribution in [2.24, 2.45) is 0 Å². The van der Waals surface area contributed by atoms with Crippen molar-refractivity contribution >= 4 is 33.4 Å². The zero-order valence-corrected chi connectivity index (χ0v) is 19.7. The van der Waals surface area contributed by atoms with Gasteiger partial charge in [0, 0.05) is 10.9 Å². The predicted octanol–water partition coefficient (Wildman–Crippen LogP) is 4.45. The lowest BCUT2D eigenvalue weighted by Crippen LogP contribution is -2.44. The van der Waals surface area contributed by atoms with E-state index in [1.807, 2.05) is 13.2 Å². The molecule has 0 atom stereocenters. The Kier molecular flexibility index (Phi) is 8.26. The zero-order chi connectivity index (χ0) is 22.3. The Morgan fingerprint density at radius 3 is 2.29 bits per heavy atom. The van der Waals surface area contributed by atoms with Crippen LogP contribution in [0.15, 0.2) is 58.3 Å². The molecule has 2 aromatic carbocycles. The summed E-state index contributed by atoms with van der Waals surface area (Å²) in [4.78, 5) is 13.9. The van der Waals surface area contributed by atoms with Crippen LogP contribution in [0.1, 0.15) is 39.0 Å². The summed E-state index contributed by atoms with van der Waals surface area (Å²) < 4.78 is 33.6. The smallest absolute Gasteiger partial charge is 0.264 e. The predicted molar refractivity (Wildman–Crippen MR) is 125 cm³/mol. The fourth-order valence-corrected chi connectivity index (χ4v) is 5.55. The molecule has 31 heavy (non-hydrogen) atoms. The van der Waals surface area contributed by atoms with Gasteiger partial charge >= 0.3 is 0 Å². The number of benzene rings is 2. The van der Waals surface area contributed by atoms with E-state index in [2.05, 4.69) is 5.32 Å². The first-order chi connectivity index (χ1) is 14.9. The van der Waals surface area contributed by atoms with Gasteiger partial charge in [0.15, 0.2) is 0 Å². The number of sulfonamides is 1. The Labute approximate surface area is 189 Å². The fourth-order valence-electron chi connectivity index (χ4n) is 3.72. The van der Waals surface area contributed by atoms with Crippen LogP contribution in [0.2, 0.25) is 0 Å². The summed E-state index contributed by atoms with van der Waals surface area (Å²) in [7, 11) is -3.92. The number of hydrogen-bond acceptors (Lipinski definition) is 5. The van der Waals surface area contributed by atoms with E-state index in [-0.39, 0.29) is 23.4 Å². The Bertz CT molecular complexity index is 954. The molecule has 3 rings (SSSR count). The maximum absolute atomic E-state index is 13.5. The van der Waals surface area contributed by atoms with E-state index in [0.717, 1.165) is 30.6 Å². The van der Waals surface area contributed by atoms with Gasteiger partial charge in [-0.2, -0.15) is 0 Å². The quantitative estimate of drug-likeness (QED) is 0.557. The van der Waals surface area contributed by atoms with Crippen molar-refractivity contribution in [1.29, 1.82) is 0 Å². The number of nitrogens with one attached hydrogen (secondary N) is 1. The van der Waals surface area contributed by atoms with Crippen LogP contribution in [-0.4, -0.2) is 39.8 Å². The Morgan fingerprint density at radius 2 is 1.71 bits per heavy atom. The van der Waals surface area contributed by atoms with E-state index in [9.17, 15) is 13.2 Å². The number of carbonyl (C=O) groups excluding carboxylic acids is 1. The number of nitrogens with zero attached hydrogens (tertiary/aromatic N) is 1. The van der Waals surface area contributed by atoms with Crippen LogP contribution >= 0.6 is 11.8 Å². The number of hydrogen-bond donors (Lipinski definition) is 1. The third-order valence-electron chi connectivity index (χ3n) is 5.34. The standard InChI is InChI=1S/C23H30N2O4S2/c1-3-29-20-11-9-19(10-12-20)25(17-23(26)24-18-7-5-4-6-8-18)31(27,28)22-15-13-21(30-2)14-16-22/h9-16,18H,3-8,17H2,1-2H3,(H,24,26). The van der Waals surface area contributed by atoms with Gasteiger partial charge in [-0.25, -0.2) is 8.42 Å². The van der Waals surface area contributed by atoms with Crippen LogP contribution < -0.4 is 14.4 Å². The average Bonchev–Trinajstić information content (AvgIpc) is 2.79. The molecular weight excluding hydrogens is 432 g/mol. The van der Waals surface area contributed by atoms with E-state index < -0.39 is 10.0 Å². The van der Waals surface area contributed by atoms with Gasteiger partial charge < -0.3 is 10.1 Å². The molecule has 8 heteroatoms. The molecule has 1 amide bonds. The van der Waals surface area contributed by atoms with Crippen molar-refractivity contribution in [1.82, 2.24) is 5.32 Å². The van der Waals surface area contributed by atoms with Crippen LogP contribution in [0.3, 0.4) is 0 Å². The van der Waals surface area contributed by atoms with Gasteiger partial charge in [0.1, 0.15) is 12.3 Å². The highest BCUT2D eigenvalue weighted by Gasteiger charge is 2.28. The largest absolute Gasteiger partial charge is 0.494 e. The third kappa shape index (κ3) is 6.17. The summed E-state index contributed by atoms with van der Waals surface area (Å²) in [5.41, 5.74) is 0.427. The van der Waals surface area contributed by atoms with Gasteiger partial charge in [-0.05, 0) is 74.6 Å². The average molecular weight is 463 g/mol. The zero-order valence-electron chi connectivity index (χ0n) is 18.0. The number of rotatable bonds is 9. The molecule has 0 unspecified atom stereocenters. The van der Waals surface area contributed by atoms with Gasteiger partial charge in [0.25, 0.3) is 10.0 Å². The monoisotopic (exact) mass is 462 g/mol. The molecule has 1 fully saturated rings. The number of ether oxygens (including phenoxy) is 1. The third-order valence-corrected chi connectivity index (χ3v) is 7.87. The van der Waals surface area contributed by atoms with Gasteiger partial charge in [-0.1, -0.05) is 19.3 Å². The first kappa shape index (κ1) is 23.5. The van der Waals surface area contributed by atoms with Crippen molar-refractivity contribution in [3.05, 3.63) is 48.5 Å². The topological polar surface area (TPSA) is 75.7 Å². The lowest BCUT2D eigenvalue weighted by molar-refractivity contribution is -0.120. The van der Waals surface area contributed by atoms with Crippen LogP contribution in [0.4, 0.5) is 5.69 Å². The van der Waals surface area contributed by atoms with Crippen molar-refractivity contribution in [2.45, 2.75) is 54.9 Å². The maximum Gasteiger partial charge on any atom is 0.264 e. The summed E-state index contributed by atoms with van der Waals surface area (Å²) in [5, 5.41) is 3.02. The van der Waals surface area contributed by atoms with E-state index >= 15 is 0 Å². The molecule has 1 N–H and O–H groups in total. The molecule has 0 spiro atoms. The second-order valence-electron chi connectivity index (χ2n) is 7.52. The molecule has 0 heterocycles. The van der Waals surface area contributed by atoms with Crippen LogP contribution in [-0.2, 0) is 14.8 Å². The van der Waals surface area contributed by atoms with E-state index in [0.29, 0.717) is 18.0 Å². The summed E-state index contributed by atoms with van der Waals surface area (Å²) in [6.45, 7) is 2.14. The summed E-state index contributed by atoms with van der Waals surface area (Å²) in [5.74, 6) is 0.365. The molecule has 0 radical (unpaired) electrons. The Morgan fingerprint density at radius 1 is 1.06 bits per heavy atom. The molecule has 1 aliphatic rings. The highest BCUT2D eigenvalue weighted by atomic mass is 32.2. The van der Waals surface area contributed by atoms with E-state index in [1.165, 1.54) is 10.7 Å². The van der Waals surface area contributed by atoms with Crippen molar-refractivity contribution < 1.29 is 17.9 Å².